The standard InChI is InChI=1S/C8H17NO/c1-6(10)7-2-4-8(9)5-3-7/h6-8,10H,2-5,9H2,1H3/t6?,7-,8+. The Bertz CT molecular complexity index is 95.4. The van der Waals surface area contributed by atoms with Crippen LogP contribution >= 0.6 is 0 Å². The SMILES string of the molecule is CC(O)[C@H]1CC[C@@H](N)CC1. The summed E-state index contributed by atoms with van der Waals surface area (Å²) in [4.78, 5) is 0. The van der Waals surface area contributed by atoms with E-state index in [9.17, 15) is 5.11 Å². The molecule has 1 saturated carbocycles. The Balaban J connectivity index is 2.26. The minimum atomic E-state index is -0.132. The first kappa shape index (κ1) is 8.02. The maximum atomic E-state index is 9.22. The lowest BCUT2D eigenvalue weighted by Gasteiger charge is -2.27. The molecule has 0 amide bonds. The van der Waals surface area contributed by atoms with Gasteiger partial charge in [-0.2, -0.15) is 0 Å². The van der Waals surface area contributed by atoms with Crippen molar-refractivity contribution in [1.29, 1.82) is 0 Å². The third kappa shape index (κ3) is 1.96. The molecule has 0 bridgehead atoms. The zero-order valence-corrected chi connectivity index (χ0v) is 6.59. The Labute approximate surface area is 62.4 Å². The molecule has 2 nitrogen and oxygen atoms in total. The molecule has 0 spiro atoms. The number of aliphatic hydroxyl groups is 1. The monoisotopic (exact) mass is 143 g/mol. The van der Waals surface area contributed by atoms with Crippen molar-refractivity contribution in [3.8, 4) is 0 Å². The number of rotatable bonds is 1. The summed E-state index contributed by atoms with van der Waals surface area (Å²) in [6.45, 7) is 1.88. The average molecular weight is 143 g/mol. The van der Waals surface area contributed by atoms with Crippen LogP contribution in [0.25, 0.3) is 0 Å². The molecule has 1 fully saturated rings. The van der Waals surface area contributed by atoms with Gasteiger partial charge in [-0.1, -0.05) is 0 Å². The lowest BCUT2D eigenvalue weighted by molar-refractivity contribution is 0.0972. The number of hydrogen-bond donors (Lipinski definition) is 2. The fourth-order valence-electron chi connectivity index (χ4n) is 1.63. The van der Waals surface area contributed by atoms with Crippen LogP contribution in [0.15, 0.2) is 0 Å². The fraction of sp³-hybridized carbons (Fsp3) is 1.00. The first-order valence-electron chi connectivity index (χ1n) is 4.14. The van der Waals surface area contributed by atoms with Crippen molar-refractivity contribution in [3.05, 3.63) is 0 Å². The molecule has 0 aliphatic heterocycles. The molecule has 3 N–H and O–H groups in total. The second kappa shape index (κ2) is 3.35. The summed E-state index contributed by atoms with van der Waals surface area (Å²) in [5.74, 6) is 0.514. The van der Waals surface area contributed by atoms with Gasteiger partial charge in [0.1, 0.15) is 0 Å². The summed E-state index contributed by atoms with van der Waals surface area (Å²) in [7, 11) is 0. The maximum Gasteiger partial charge on any atom is 0.0540 e. The van der Waals surface area contributed by atoms with E-state index in [2.05, 4.69) is 0 Å². The van der Waals surface area contributed by atoms with E-state index < -0.39 is 0 Å². The molecule has 10 heavy (non-hydrogen) atoms. The highest BCUT2D eigenvalue weighted by Crippen LogP contribution is 2.25. The van der Waals surface area contributed by atoms with Crippen LogP contribution in [-0.2, 0) is 0 Å². The Morgan fingerprint density at radius 1 is 1.30 bits per heavy atom. The van der Waals surface area contributed by atoms with Crippen molar-refractivity contribution >= 4 is 0 Å². The third-order valence-corrected chi connectivity index (χ3v) is 2.50. The van der Waals surface area contributed by atoms with Crippen LogP contribution in [0.2, 0.25) is 0 Å². The summed E-state index contributed by atoms with van der Waals surface area (Å²) in [5, 5.41) is 9.22. The lowest BCUT2D eigenvalue weighted by atomic mass is 9.84. The first-order valence-corrected chi connectivity index (χ1v) is 4.14. The molecular weight excluding hydrogens is 126 g/mol. The van der Waals surface area contributed by atoms with Crippen molar-refractivity contribution in [2.24, 2.45) is 11.7 Å². The predicted molar refractivity (Wildman–Crippen MR) is 41.6 cm³/mol. The molecule has 0 heterocycles. The van der Waals surface area contributed by atoms with Crippen LogP contribution in [0.1, 0.15) is 32.6 Å². The van der Waals surface area contributed by atoms with Crippen molar-refractivity contribution in [2.45, 2.75) is 44.8 Å². The molecule has 1 aliphatic carbocycles. The van der Waals surface area contributed by atoms with Gasteiger partial charge in [0.05, 0.1) is 6.10 Å². The van der Waals surface area contributed by atoms with E-state index in [1.54, 1.807) is 0 Å². The molecule has 0 aromatic rings. The molecule has 0 radical (unpaired) electrons. The van der Waals surface area contributed by atoms with Gasteiger partial charge in [-0.25, -0.2) is 0 Å². The largest absolute Gasteiger partial charge is 0.393 e. The predicted octanol–water partition coefficient (Wildman–Crippen LogP) is 0.885. The summed E-state index contributed by atoms with van der Waals surface area (Å²) < 4.78 is 0. The molecule has 1 atom stereocenters. The minimum absolute atomic E-state index is 0.132. The number of aliphatic hydroxyl groups excluding tert-OH is 1. The van der Waals surface area contributed by atoms with Crippen molar-refractivity contribution < 1.29 is 5.11 Å². The van der Waals surface area contributed by atoms with E-state index in [0.717, 1.165) is 25.7 Å². The summed E-state index contributed by atoms with van der Waals surface area (Å²) in [6.07, 6.45) is 4.27. The van der Waals surface area contributed by atoms with Gasteiger partial charge >= 0.3 is 0 Å². The van der Waals surface area contributed by atoms with Gasteiger partial charge in [0.15, 0.2) is 0 Å². The van der Waals surface area contributed by atoms with Gasteiger partial charge in [0, 0.05) is 6.04 Å². The summed E-state index contributed by atoms with van der Waals surface area (Å²) in [5.41, 5.74) is 5.72. The molecule has 0 aromatic heterocycles. The Hall–Kier alpha value is -0.0800. The molecule has 1 aliphatic rings. The van der Waals surface area contributed by atoms with Gasteiger partial charge < -0.3 is 10.8 Å². The van der Waals surface area contributed by atoms with Crippen LogP contribution in [0, 0.1) is 5.92 Å². The van der Waals surface area contributed by atoms with E-state index in [1.165, 1.54) is 0 Å². The van der Waals surface area contributed by atoms with E-state index >= 15 is 0 Å². The molecule has 2 heteroatoms. The average Bonchev–Trinajstić information content (AvgIpc) is 1.88. The number of hydrogen-bond acceptors (Lipinski definition) is 2. The minimum Gasteiger partial charge on any atom is -0.393 e. The molecule has 60 valence electrons. The number of nitrogens with two attached hydrogens (primary N) is 1. The highest BCUT2D eigenvalue weighted by atomic mass is 16.3. The Kier molecular flexibility index (Phi) is 2.69. The second-order valence-electron chi connectivity index (χ2n) is 3.42. The van der Waals surface area contributed by atoms with Crippen LogP contribution in [-0.4, -0.2) is 17.3 Å². The van der Waals surface area contributed by atoms with Crippen molar-refractivity contribution in [3.63, 3.8) is 0 Å². The lowest BCUT2D eigenvalue weighted by Crippen LogP contribution is -2.30. The molecule has 1 rings (SSSR count). The van der Waals surface area contributed by atoms with E-state index in [0.29, 0.717) is 12.0 Å². The van der Waals surface area contributed by atoms with E-state index in [-0.39, 0.29) is 6.10 Å². The van der Waals surface area contributed by atoms with Crippen LogP contribution in [0.5, 0.6) is 0 Å². The van der Waals surface area contributed by atoms with Gasteiger partial charge in [0.25, 0.3) is 0 Å². The first-order chi connectivity index (χ1) is 4.70. The van der Waals surface area contributed by atoms with E-state index in [4.69, 9.17) is 5.73 Å². The van der Waals surface area contributed by atoms with Gasteiger partial charge in [-0.05, 0) is 38.5 Å². The summed E-state index contributed by atoms with van der Waals surface area (Å²) in [6, 6.07) is 0.398. The zero-order valence-electron chi connectivity index (χ0n) is 6.59. The molecular formula is C8H17NO. The Morgan fingerprint density at radius 2 is 1.80 bits per heavy atom. The van der Waals surface area contributed by atoms with Crippen LogP contribution in [0.4, 0.5) is 0 Å². The van der Waals surface area contributed by atoms with Gasteiger partial charge in [-0.15, -0.1) is 0 Å². The molecule has 0 saturated heterocycles. The van der Waals surface area contributed by atoms with Crippen LogP contribution < -0.4 is 5.73 Å². The summed E-state index contributed by atoms with van der Waals surface area (Å²) >= 11 is 0. The topological polar surface area (TPSA) is 46.2 Å². The molecule has 1 unspecified atom stereocenters. The molecule has 0 aromatic carbocycles. The second-order valence-corrected chi connectivity index (χ2v) is 3.42. The van der Waals surface area contributed by atoms with Crippen LogP contribution in [0.3, 0.4) is 0 Å². The van der Waals surface area contributed by atoms with Crippen molar-refractivity contribution in [1.82, 2.24) is 0 Å². The van der Waals surface area contributed by atoms with Gasteiger partial charge in [0.2, 0.25) is 0 Å². The third-order valence-electron chi connectivity index (χ3n) is 2.50. The highest BCUT2D eigenvalue weighted by Gasteiger charge is 2.21. The highest BCUT2D eigenvalue weighted by molar-refractivity contribution is 4.76. The quantitative estimate of drug-likeness (QED) is 0.572. The fourth-order valence-corrected chi connectivity index (χ4v) is 1.63. The van der Waals surface area contributed by atoms with E-state index in [1.807, 2.05) is 6.92 Å². The Morgan fingerprint density at radius 3 is 2.20 bits per heavy atom. The smallest absolute Gasteiger partial charge is 0.0540 e. The normalized spacial score (nSPS) is 37.5. The van der Waals surface area contributed by atoms with Crippen molar-refractivity contribution in [2.75, 3.05) is 0 Å². The zero-order chi connectivity index (χ0) is 7.56. The maximum absolute atomic E-state index is 9.22. The van der Waals surface area contributed by atoms with Gasteiger partial charge in [-0.3, -0.25) is 0 Å².